The van der Waals surface area contributed by atoms with Crippen molar-refractivity contribution >= 4 is 5.78 Å². The highest BCUT2D eigenvalue weighted by Crippen LogP contribution is 2.20. The average molecular weight is 249 g/mol. The predicted molar refractivity (Wildman–Crippen MR) is 70.9 cm³/mol. The van der Waals surface area contributed by atoms with Crippen LogP contribution in [0.4, 0.5) is 0 Å². The molecule has 0 saturated carbocycles. The number of hydrogen-bond acceptors (Lipinski definition) is 4. The van der Waals surface area contributed by atoms with Gasteiger partial charge in [-0.15, -0.1) is 6.58 Å². The van der Waals surface area contributed by atoms with E-state index in [1.807, 2.05) is 6.07 Å². The molecule has 0 saturated heterocycles. The van der Waals surface area contributed by atoms with Gasteiger partial charge in [-0.2, -0.15) is 0 Å². The van der Waals surface area contributed by atoms with Gasteiger partial charge in [-0.05, 0) is 18.6 Å². The maximum atomic E-state index is 12.1. The van der Waals surface area contributed by atoms with Crippen molar-refractivity contribution in [3.63, 3.8) is 0 Å². The van der Waals surface area contributed by atoms with E-state index in [1.165, 1.54) is 0 Å². The first-order valence-corrected chi connectivity index (χ1v) is 5.82. The number of para-hydroxylation sites is 1. The maximum absolute atomic E-state index is 12.1. The van der Waals surface area contributed by atoms with Gasteiger partial charge in [0.15, 0.2) is 5.78 Å². The number of rotatable bonds is 8. The van der Waals surface area contributed by atoms with Gasteiger partial charge in [-0.1, -0.05) is 18.2 Å². The van der Waals surface area contributed by atoms with Gasteiger partial charge in [-0.3, -0.25) is 4.79 Å². The second-order valence-electron chi connectivity index (χ2n) is 3.83. The number of carbonyl (C=O) groups excluding carboxylic acids is 1. The molecule has 0 amide bonds. The van der Waals surface area contributed by atoms with Crippen LogP contribution in [0.5, 0.6) is 5.75 Å². The minimum Gasteiger partial charge on any atom is -0.490 e. The van der Waals surface area contributed by atoms with Gasteiger partial charge >= 0.3 is 0 Å². The molecule has 0 bridgehead atoms. The number of carbonyl (C=O) groups is 1. The van der Waals surface area contributed by atoms with Gasteiger partial charge in [0.2, 0.25) is 0 Å². The average Bonchev–Trinajstić information content (AvgIpc) is 2.39. The second kappa shape index (κ2) is 7.63. The first kappa shape index (κ1) is 14.4. The fourth-order valence-electron chi connectivity index (χ4n) is 1.52. The largest absolute Gasteiger partial charge is 0.490 e. The number of nitrogens with two attached hydrogens (primary N) is 1. The third-order valence-corrected chi connectivity index (χ3v) is 2.45. The molecule has 98 valence electrons. The number of benzene rings is 1. The number of ketones is 1. The van der Waals surface area contributed by atoms with E-state index < -0.39 is 6.04 Å². The highest BCUT2D eigenvalue weighted by Gasteiger charge is 2.18. The molecule has 0 spiro atoms. The summed E-state index contributed by atoms with van der Waals surface area (Å²) in [4.78, 5) is 12.1. The number of methoxy groups -OCH3 is 1. The molecule has 0 fully saturated rings. The molecule has 4 nitrogen and oxygen atoms in total. The molecule has 0 aliphatic carbocycles. The van der Waals surface area contributed by atoms with E-state index in [9.17, 15) is 4.79 Å². The number of hydrogen-bond donors (Lipinski definition) is 1. The standard InChI is InChI=1S/C14H19NO3/c1-3-6-12(15)14(16)11-7-4-5-8-13(11)18-10-9-17-2/h3-5,7-8,12H,1,6,9-10,15H2,2H3. The summed E-state index contributed by atoms with van der Waals surface area (Å²) >= 11 is 0. The lowest BCUT2D eigenvalue weighted by atomic mass is 10.0. The molecule has 0 heterocycles. The van der Waals surface area contributed by atoms with Crippen LogP contribution in [0.15, 0.2) is 36.9 Å². The summed E-state index contributed by atoms with van der Waals surface area (Å²) in [5, 5.41) is 0. The van der Waals surface area contributed by atoms with Crippen molar-refractivity contribution in [3.05, 3.63) is 42.5 Å². The lowest BCUT2D eigenvalue weighted by Crippen LogP contribution is -2.30. The quantitative estimate of drug-likeness (QED) is 0.433. The topological polar surface area (TPSA) is 61.6 Å². The molecule has 1 atom stereocenters. The molecule has 18 heavy (non-hydrogen) atoms. The zero-order valence-corrected chi connectivity index (χ0v) is 10.6. The summed E-state index contributed by atoms with van der Waals surface area (Å²) in [6.45, 7) is 4.45. The molecule has 1 aromatic rings. The Labute approximate surface area is 107 Å². The lowest BCUT2D eigenvalue weighted by Gasteiger charge is -2.13. The Morgan fingerprint density at radius 1 is 1.44 bits per heavy atom. The minimum atomic E-state index is -0.574. The minimum absolute atomic E-state index is 0.136. The van der Waals surface area contributed by atoms with E-state index in [-0.39, 0.29) is 5.78 Å². The summed E-state index contributed by atoms with van der Waals surface area (Å²) in [7, 11) is 1.60. The molecule has 4 heteroatoms. The summed E-state index contributed by atoms with van der Waals surface area (Å²) in [5.41, 5.74) is 6.29. The summed E-state index contributed by atoms with van der Waals surface area (Å²) in [6, 6.07) is 6.50. The molecule has 1 unspecified atom stereocenters. The number of ether oxygens (including phenoxy) is 2. The zero-order valence-electron chi connectivity index (χ0n) is 10.6. The highest BCUT2D eigenvalue weighted by atomic mass is 16.5. The van der Waals surface area contributed by atoms with Crippen LogP contribution in [-0.4, -0.2) is 32.1 Å². The SMILES string of the molecule is C=CCC(N)C(=O)c1ccccc1OCCOC. The third-order valence-electron chi connectivity index (χ3n) is 2.45. The zero-order chi connectivity index (χ0) is 13.4. The molecule has 1 aromatic carbocycles. The van der Waals surface area contributed by atoms with Gasteiger partial charge in [0.05, 0.1) is 18.2 Å². The van der Waals surface area contributed by atoms with Crippen molar-refractivity contribution in [1.82, 2.24) is 0 Å². The monoisotopic (exact) mass is 249 g/mol. The van der Waals surface area contributed by atoms with Crippen molar-refractivity contribution in [1.29, 1.82) is 0 Å². The van der Waals surface area contributed by atoms with E-state index in [2.05, 4.69) is 6.58 Å². The second-order valence-corrected chi connectivity index (χ2v) is 3.83. The van der Waals surface area contributed by atoms with Gasteiger partial charge in [-0.25, -0.2) is 0 Å². The Balaban J connectivity index is 2.80. The fourth-order valence-corrected chi connectivity index (χ4v) is 1.52. The lowest BCUT2D eigenvalue weighted by molar-refractivity contribution is 0.0954. The molecule has 0 radical (unpaired) electrons. The van der Waals surface area contributed by atoms with E-state index >= 15 is 0 Å². The van der Waals surface area contributed by atoms with Crippen LogP contribution in [-0.2, 0) is 4.74 Å². The Bertz CT molecular complexity index is 404. The Kier molecular flexibility index (Phi) is 6.11. The summed E-state index contributed by atoms with van der Waals surface area (Å²) in [6.07, 6.45) is 2.09. The molecule has 0 aliphatic rings. The third kappa shape index (κ3) is 3.98. The first-order valence-electron chi connectivity index (χ1n) is 5.82. The highest BCUT2D eigenvalue weighted by molar-refractivity contribution is 6.02. The Hall–Kier alpha value is -1.65. The predicted octanol–water partition coefficient (Wildman–Crippen LogP) is 1.80. The fraction of sp³-hybridized carbons (Fsp3) is 0.357. The normalized spacial score (nSPS) is 11.9. The van der Waals surface area contributed by atoms with Crippen molar-refractivity contribution in [2.75, 3.05) is 20.3 Å². The molecule has 0 aliphatic heterocycles. The van der Waals surface area contributed by atoms with Crippen LogP contribution in [0.2, 0.25) is 0 Å². The van der Waals surface area contributed by atoms with Crippen LogP contribution < -0.4 is 10.5 Å². The smallest absolute Gasteiger partial charge is 0.183 e. The van der Waals surface area contributed by atoms with Crippen molar-refractivity contribution in [2.24, 2.45) is 5.73 Å². The van der Waals surface area contributed by atoms with Crippen LogP contribution in [0, 0.1) is 0 Å². The molecule has 1 rings (SSSR count). The van der Waals surface area contributed by atoms with Gasteiger partial charge in [0.1, 0.15) is 12.4 Å². The molecular weight excluding hydrogens is 230 g/mol. The molecule has 2 N–H and O–H groups in total. The molecular formula is C14H19NO3. The van der Waals surface area contributed by atoms with E-state index in [0.29, 0.717) is 30.9 Å². The van der Waals surface area contributed by atoms with Crippen LogP contribution in [0.1, 0.15) is 16.8 Å². The summed E-state index contributed by atoms with van der Waals surface area (Å²) in [5.74, 6) is 0.405. The van der Waals surface area contributed by atoms with Crippen LogP contribution in [0.25, 0.3) is 0 Å². The van der Waals surface area contributed by atoms with E-state index in [4.69, 9.17) is 15.2 Å². The number of Topliss-reactive ketones (excluding diaryl/α,β-unsaturated/α-hetero) is 1. The maximum Gasteiger partial charge on any atom is 0.183 e. The summed E-state index contributed by atoms with van der Waals surface area (Å²) < 4.78 is 10.4. The van der Waals surface area contributed by atoms with Gasteiger partial charge in [0, 0.05) is 7.11 Å². The Morgan fingerprint density at radius 2 is 2.17 bits per heavy atom. The van der Waals surface area contributed by atoms with Crippen molar-refractivity contribution in [3.8, 4) is 5.75 Å². The van der Waals surface area contributed by atoms with Crippen molar-refractivity contribution < 1.29 is 14.3 Å². The molecule has 0 aromatic heterocycles. The van der Waals surface area contributed by atoms with Gasteiger partial charge in [0.25, 0.3) is 0 Å². The van der Waals surface area contributed by atoms with E-state index in [1.54, 1.807) is 31.4 Å². The van der Waals surface area contributed by atoms with E-state index in [0.717, 1.165) is 0 Å². The van der Waals surface area contributed by atoms with Gasteiger partial charge < -0.3 is 15.2 Å². The Morgan fingerprint density at radius 3 is 2.83 bits per heavy atom. The van der Waals surface area contributed by atoms with Crippen LogP contribution >= 0.6 is 0 Å². The first-order chi connectivity index (χ1) is 8.70. The van der Waals surface area contributed by atoms with Crippen molar-refractivity contribution in [2.45, 2.75) is 12.5 Å². The van der Waals surface area contributed by atoms with Crippen LogP contribution in [0.3, 0.4) is 0 Å².